The van der Waals surface area contributed by atoms with Crippen LogP contribution in [0.25, 0.3) is 0 Å². The highest BCUT2D eigenvalue weighted by atomic mass is 19.1. The van der Waals surface area contributed by atoms with Gasteiger partial charge in [-0.1, -0.05) is 19.8 Å². The van der Waals surface area contributed by atoms with Crippen LogP contribution in [0.2, 0.25) is 0 Å². The third-order valence-electron chi connectivity index (χ3n) is 5.28. The molecule has 9 heteroatoms. The van der Waals surface area contributed by atoms with E-state index in [2.05, 4.69) is 10.6 Å². The molecule has 0 radical (unpaired) electrons. The SMILES string of the molecule is C[C@@H]1CCCC[C@]12NC(=O)N(CC(=O)OCC(=O)Nc1ccc(F)cc1)C2=O. The number of carbonyl (C=O) groups is 4. The molecule has 1 spiro atoms. The van der Waals surface area contributed by atoms with Gasteiger partial charge in [0.1, 0.15) is 17.9 Å². The Balaban J connectivity index is 1.51. The van der Waals surface area contributed by atoms with Crippen LogP contribution in [0, 0.1) is 11.7 Å². The molecule has 3 rings (SSSR count). The number of imide groups is 1. The number of hydrogen-bond acceptors (Lipinski definition) is 5. The van der Waals surface area contributed by atoms with Gasteiger partial charge >= 0.3 is 12.0 Å². The van der Waals surface area contributed by atoms with Gasteiger partial charge in [0.2, 0.25) is 0 Å². The molecule has 1 heterocycles. The van der Waals surface area contributed by atoms with E-state index in [4.69, 9.17) is 4.74 Å². The summed E-state index contributed by atoms with van der Waals surface area (Å²) >= 11 is 0. The first-order chi connectivity index (χ1) is 13.3. The minimum Gasteiger partial charge on any atom is -0.454 e. The maximum absolute atomic E-state index is 12.8. The molecule has 2 fully saturated rings. The lowest BCUT2D eigenvalue weighted by atomic mass is 9.73. The number of esters is 1. The fraction of sp³-hybridized carbons (Fsp3) is 0.474. The summed E-state index contributed by atoms with van der Waals surface area (Å²) in [4.78, 5) is 49.7. The van der Waals surface area contributed by atoms with E-state index >= 15 is 0 Å². The molecular weight excluding hydrogens is 369 g/mol. The molecule has 1 aromatic carbocycles. The van der Waals surface area contributed by atoms with Gasteiger partial charge in [0, 0.05) is 5.69 Å². The average molecular weight is 391 g/mol. The number of nitrogens with zero attached hydrogens (tertiary/aromatic N) is 1. The van der Waals surface area contributed by atoms with Crippen LogP contribution in [-0.4, -0.2) is 47.4 Å². The van der Waals surface area contributed by atoms with Gasteiger partial charge in [-0.15, -0.1) is 0 Å². The van der Waals surface area contributed by atoms with E-state index in [9.17, 15) is 23.6 Å². The first-order valence-corrected chi connectivity index (χ1v) is 9.17. The Labute approximate surface area is 161 Å². The Kier molecular flexibility index (Phi) is 5.62. The summed E-state index contributed by atoms with van der Waals surface area (Å²) in [6, 6.07) is 4.48. The fourth-order valence-electron chi connectivity index (χ4n) is 3.69. The summed E-state index contributed by atoms with van der Waals surface area (Å²) in [5.74, 6) is -2.35. The van der Waals surface area contributed by atoms with Crippen molar-refractivity contribution in [2.75, 3.05) is 18.5 Å². The van der Waals surface area contributed by atoms with Crippen molar-refractivity contribution in [3.63, 3.8) is 0 Å². The van der Waals surface area contributed by atoms with Crippen LogP contribution in [0.15, 0.2) is 24.3 Å². The molecular formula is C19H22FN3O5. The normalized spacial score (nSPS) is 24.2. The van der Waals surface area contributed by atoms with Crippen LogP contribution < -0.4 is 10.6 Å². The van der Waals surface area contributed by atoms with Crippen LogP contribution in [-0.2, 0) is 19.1 Å². The lowest BCUT2D eigenvalue weighted by Gasteiger charge is -2.36. The van der Waals surface area contributed by atoms with Gasteiger partial charge in [-0.2, -0.15) is 0 Å². The highest BCUT2D eigenvalue weighted by Gasteiger charge is 2.55. The second kappa shape index (κ2) is 7.95. The second-order valence-corrected chi connectivity index (χ2v) is 7.16. The molecule has 2 atom stereocenters. The van der Waals surface area contributed by atoms with Gasteiger partial charge in [-0.05, 0) is 43.0 Å². The van der Waals surface area contributed by atoms with Crippen LogP contribution in [0.5, 0.6) is 0 Å². The molecule has 1 saturated heterocycles. The number of benzene rings is 1. The summed E-state index contributed by atoms with van der Waals surface area (Å²) in [6.07, 6.45) is 3.20. The molecule has 0 aromatic heterocycles. The van der Waals surface area contributed by atoms with Crippen LogP contribution >= 0.6 is 0 Å². The Morgan fingerprint density at radius 2 is 2.00 bits per heavy atom. The lowest BCUT2D eigenvalue weighted by molar-refractivity contribution is -0.150. The third-order valence-corrected chi connectivity index (χ3v) is 5.28. The van der Waals surface area contributed by atoms with Gasteiger partial charge in [0.15, 0.2) is 6.61 Å². The van der Waals surface area contributed by atoms with Crippen molar-refractivity contribution in [2.45, 2.75) is 38.1 Å². The van der Waals surface area contributed by atoms with E-state index in [1.807, 2.05) is 6.92 Å². The molecule has 0 unspecified atom stereocenters. The molecule has 28 heavy (non-hydrogen) atoms. The summed E-state index contributed by atoms with van der Waals surface area (Å²) in [6.45, 7) is 0.781. The molecule has 1 aromatic rings. The van der Waals surface area contributed by atoms with E-state index in [0.29, 0.717) is 12.1 Å². The molecule has 2 aliphatic rings. The quantitative estimate of drug-likeness (QED) is 0.588. The van der Waals surface area contributed by atoms with Gasteiger partial charge in [0.05, 0.1) is 0 Å². The summed E-state index contributed by atoms with van der Waals surface area (Å²) in [7, 11) is 0. The summed E-state index contributed by atoms with van der Waals surface area (Å²) in [5.41, 5.74) is -0.597. The molecule has 0 bridgehead atoms. The van der Waals surface area contributed by atoms with Gasteiger partial charge in [0.25, 0.3) is 11.8 Å². The van der Waals surface area contributed by atoms with Gasteiger partial charge in [-0.25, -0.2) is 9.18 Å². The van der Waals surface area contributed by atoms with Gasteiger partial charge in [-0.3, -0.25) is 19.3 Å². The first kappa shape index (κ1) is 19.8. The van der Waals surface area contributed by atoms with Crippen molar-refractivity contribution in [2.24, 2.45) is 5.92 Å². The number of rotatable bonds is 5. The Morgan fingerprint density at radius 3 is 2.68 bits per heavy atom. The summed E-state index contributed by atoms with van der Waals surface area (Å²) in [5, 5.41) is 5.19. The number of hydrogen-bond donors (Lipinski definition) is 2. The zero-order chi connectivity index (χ0) is 20.3. The van der Waals surface area contributed by atoms with Crippen molar-refractivity contribution >= 4 is 29.5 Å². The van der Waals surface area contributed by atoms with Crippen LogP contribution in [0.3, 0.4) is 0 Å². The zero-order valence-corrected chi connectivity index (χ0v) is 15.5. The standard InChI is InChI=1S/C19H22FN3O5/c1-12-4-2-3-9-19(12)17(26)23(18(27)22-19)10-16(25)28-11-15(24)21-14-7-5-13(20)6-8-14/h5-8,12H,2-4,9-11H2,1H3,(H,21,24)(H,22,27)/t12-,19+/m1/s1. The Morgan fingerprint density at radius 1 is 1.29 bits per heavy atom. The van der Waals surface area contributed by atoms with E-state index in [-0.39, 0.29) is 5.92 Å². The molecule has 150 valence electrons. The minimum atomic E-state index is -0.949. The van der Waals surface area contributed by atoms with Crippen molar-refractivity contribution in [3.8, 4) is 0 Å². The fourth-order valence-corrected chi connectivity index (χ4v) is 3.69. The van der Waals surface area contributed by atoms with Gasteiger partial charge < -0.3 is 15.4 Å². The number of urea groups is 1. The first-order valence-electron chi connectivity index (χ1n) is 9.17. The highest BCUT2D eigenvalue weighted by Crippen LogP contribution is 2.38. The maximum Gasteiger partial charge on any atom is 0.326 e. The average Bonchev–Trinajstić information content (AvgIpc) is 2.89. The molecule has 4 amide bonds. The second-order valence-electron chi connectivity index (χ2n) is 7.16. The van der Waals surface area contributed by atoms with E-state index in [1.165, 1.54) is 24.3 Å². The Bertz CT molecular complexity index is 797. The molecule has 1 aliphatic carbocycles. The monoisotopic (exact) mass is 391 g/mol. The van der Waals surface area contributed by atoms with Crippen LogP contribution in [0.4, 0.5) is 14.9 Å². The van der Waals surface area contributed by atoms with Crippen molar-refractivity contribution in [1.29, 1.82) is 0 Å². The van der Waals surface area contributed by atoms with E-state index < -0.39 is 48.3 Å². The van der Waals surface area contributed by atoms with E-state index in [0.717, 1.165) is 24.2 Å². The van der Waals surface area contributed by atoms with E-state index in [1.54, 1.807) is 0 Å². The lowest BCUT2D eigenvalue weighted by Crippen LogP contribution is -2.54. The molecule has 1 saturated carbocycles. The van der Waals surface area contributed by atoms with Crippen LogP contribution in [0.1, 0.15) is 32.6 Å². The topological polar surface area (TPSA) is 105 Å². The number of halogens is 1. The maximum atomic E-state index is 12.8. The largest absolute Gasteiger partial charge is 0.454 e. The number of anilines is 1. The zero-order valence-electron chi connectivity index (χ0n) is 15.5. The third kappa shape index (κ3) is 3.97. The Hall–Kier alpha value is -2.97. The van der Waals surface area contributed by atoms with Crippen molar-refractivity contribution in [1.82, 2.24) is 10.2 Å². The molecule has 2 N–H and O–H groups in total. The molecule has 1 aliphatic heterocycles. The predicted octanol–water partition coefficient (Wildman–Crippen LogP) is 1.81. The highest BCUT2D eigenvalue weighted by molar-refractivity contribution is 6.09. The van der Waals surface area contributed by atoms with Crippen molar-refractivity contribution in [3.05, 3.63) is 30.1 Å². The predicted molar refractivity (Wildman–Crippen MR) is 96.6 cm³/mol. The number of ether oxygens (including phenoxy) is 1. The summed E-state index contributed by atoms with van der Waals surface area (Å²) < 4.78 is 17.7. The van der Waals surface area contributed by atoms with Crippen molar-refractivity contribution < 1.29 is 28.3 Å². The molecule has 8 nitrogen and oxygen atoms in total. The minimum absolute atomic E-state index is 0.0137. The number of nitrogens with one attached hydrogen (secondary N) is 2. The number of amides is 4. The number of carbonyl (C=O) groups excluding carboxylic acids is 4. The smallest absolute Gasteiger partial charge is 0.326 e.